The SMILES string of the molecule is Oc1cc(F)cc(-c2nccc3[nH]c(-c4n[nH]c5ccc(-c6cnccn6)cc45)cc23)c1. The van der Waals surface area contributed by atoms with Crippen LogP contribution in [-0.2, 0) is 0 Å². The minimum Gasteiger partial charge on any atom is -0.508 e. The van der Waals surface area contributed by atoms with Crippen LogP contribution in [0, 0.1) is 5.82 Å². The van der Waals surface area contributed by atoms with Crippen LogP contribution in [0.4, 0.5) is 4.39 Å². The van der Waals surface area contributed by atoms with E-state index in [-0.39, 0.29) is 5.75 Å². The lowest BCUT2D eigenvalue weighted by atomic mass is 10.1. The maximum atomic E-state index is 13.9. The second-order valence-electron chi connectivity index (χ2n) is 7.43. The molecule has 0 aliphatic rings. The van der Waals surface area contributed by atoms with Crippen LogP contribution in [0.15, 0.2) is 73.3 Å². The highest BCUT2D eigenvalue weighted by atomic mass is 19.1. The van der Waals surface area contributed by atoms with Gasteiger partial charge in [-0.15, -0.1) is 0 Å². The van der Waals surface area contributed by atoms with Crippen molar-refractivity contribution in [3.8, 4) is 39.7 Å². The van der Waals surface area contributed by atoms with Gasteiger partial charge in [0.25, 0.3) is 0 Å². The zero-order chi connectivity index (χ0) is 21.7. The summed E-state index contributed by atoms with van der Waals surface area (Å²) in [5, 5.41) is 19.1. The highest BCUT2D eigenvalue weighted by Gasteiger charge is 2.16. The van der Waals surface area contributed by atoms with Gasteiger partial charge in [0.05, 0.1) is 28.8 Å². The van der Waals surface area contributed by atoms with E-state index in [1.165, 1.54) is 12.1 Å². The number of H-pyrrole nitrogens is 2. The first-order chi connectivity index (χ1) is 15.7. The molecule has 0 radical (unpaired) electrons. The van der Waals surface area contributed by atoms with Gasteiger partial charge in [-0.1, -0.05) is 6.07 Å². The van der Waals surface area contributed by atoms with Crippen LogP contribution < -0.4 is 0 Å². The molecule has 32 heavy (non-hydrogen) atoms. The van der Waals surface area contributed by atoms with E-state index in [1.807, 2.05) is 30.3 Å². The topological polar surface area (TPSA) is 103 Å². The van der Waals surface area contributed by atoms with Gasteiger partial charge in [-0.25, -0.2) is 4.39 Å². The van der Waals surface area contributed by atoms with Crippen LogP contribution in [0.5, 0.6) is 5.75 Å². The third kappa shape index (κ3) is 2.97. The lowest BCUT2D eigenvalue weighted by molar-refractivity contribution is 0.469. The number of hydrogen-bond donors (Lipinski definition) is 3. The van der Waals surface area contributed by atoms with E-state index >= 15 is 0 Å². The molecule has 0 fully saturated rings. The van der Waals surface area contributed by atoms with E-state index in [0.717, 1.165) is 50.5 Å². The molecule has 0 aliphatic carbocycles. The molecular formula is C24H15FN6O. The molecule has 6 aromatic rings. The molecule has 3 N–H and O–H groups in total. The second kappa shape index (κ2) is 6.98. The smallest absolute Gasteiger partial charge is 0.127 e. The number of aromatic amines is 2. The minimum atomic E-state index is -0.524. The Kier molecular flexibility index (Phi) is 3.97. The van der Waals surface area contributed by atoms with Gasteiger partial charge in [0, 0.05) is 52.1 Å². The Bertz CT molecular complexity index is 1590. The summed E-state index contributed by atoms with van der Waals surface area (Å²) in [6.45, 7) is 0. The molecule has 2 aromatic carbocycles. The summed E-state index contributed by atoms with van der Waals surface area (Å²) in [6, 6.07) is 13.6. The standard InChI is InChI=1S/C24H15FN6O/c25-15-7-14(8-16(32)10-15)23-18-11-21(29-19(18)3-4-28-23)24-17-9-13(1-2-20(17)30-31-24)22-12-26-5-6-27-22/h1-12,29,32H,(H,30,31). The average Bonchev–Trinajstić information content (AvgIpc) is 3.42. The van der Waals surface area contributed by atoms with Gasteiger partial charge in [0.2, 0.25) is 0 Å². The number of hydrogen-bond acceptors (Lipinski definition) is 5. The molecule has 6 rings (SSSR count). The van der Waals surface area contributed by atoms with Crippen molar-refractivity contribution in [1.29, 1.82) is 0 Å². The van der Waals surface area contributed by atoms with Crippen LogP contribution in [0.3, 0.4) is 0 Å². The van der Waals surface area contributed by atoms with Crippen LogP contribution in [0.1, 0.15) is 0 Å². The van der Waals surface area contributed by atoms with Crippen molar-refractivity contribution in [1.82, 2.24) is 30.1 Å². The second-order valence-corrected chi connectivity index (χ2v) is 7.43. The highest BCUT2D eigenvalue weighted by molar-refractivity contribution is 6.00. The third-order valence-corrected chi connectivity index (χ3v) is 5.38. The summed E-state index contributed by atoms with van der Waals surface area (Å²) < 4.78 is 13.9. The number of phenolic OH excluding ortho intramolecular Hbond substituents is 1. The molecule has 0 saturated carbocycles. The van der Waals surface area contributed by atoms with E-state index in [2.05, 4.69) is 30.1 Å². The van der Waals surface area contributed by atoms with E-state index in [4.69, 9.17) is 0 Å². The van der Waals surface area contributed by atoms with Crippen LogP contribution in [-0.4, -0.2) is 35.2 Å². The predicted octanol–water partition coefficient (Wildman–Crippen LogP) is 5.07. The number of aromatic hydroxyl groups is 1. The fourth-order valence-electron chi connectivity index (χ4n) is 3.95. The molecule has 0 aliphatic heterocycles. The Hall–Kier alpha value is -4.59. The monoisotopic (exact) mass is 422 g/mol. The van der Waals surface area contributed by atoms with E-state index < -0.39 is 5.82 Å². The van der Waals surface area contributed by atoms with Crippen molar-refractivity contribution in [2.45, 2.75) is 0 Å². The zero-order valence-corrected chi connectivity index (χ0v) is 16.5. The number of fused-ring (bicyclic) bond motifs is 2. The molecule has 7 nitrogen and oxygen atoms in total. The molecule has 4 heterocycles. The lowest BCUT2D eigenvalue weighted by Gasteiger charge is -2.03. The summed E-state index contributed by atoms with van der Waals surface area (Å²) in [5.74, 6) is -0.672. The average molecular weight is 422 g/mol. The quantitative estimate of drug-likeness (QED) is 0.369. The maximum Gasteiger partial charge on any atom is 0.127 e. The number of nitrogens with one attached hydrogen (secondary N) is 2. The normalized spacial score (nSPS) is 11.4. The summed E-state index contributed by atoms with van der Waals surface area (Å²) in [4.78, 5) is 16.3. The van der Waals surface area contributed by atoms with Gasteiger partial charge in [-0.2, -0.15) is 5.10 Å². The van der Waals surface area contributed by atoms with Crippen molar-refractivity contribution in [3.05, 3.63) is 79.1 Å². The van der Waals surface area contributed by atoms with Gasteiger partial charge in [-0.3, -0.25) is 20.1 Å². The molecule has 8 heteroatoms. The van der Waals surface area contributed by atoms with Gasteiger partial charge >= 0.3 is 0 Å². The number of aromatic nitrogens is 6. The molecule has 0 amide bonds. The Balaban J connectivity index is 1.52. The first-order valence-corrected chi connectivity index (χ1v) is 9.88. The molecule has 0 unspecified atom stereocenters. The predicted molar refractivity (Wildman–Crippen MR) is 119 cm³/mol. The van der Waals surface area contributed by atoms with Crippen molar-refractivity contribution >= 4 is 21.8 Å². The van der Waals surface area contributed by atoms with Crippen molar-refractivity contribution in [2.24, 2.45) is 0 Å². The maximum absolute atomic E-state index is 13.9. The van der Waals surface area contributed by atoms with Crippen LogP contribution in [0.25, 0.3) is 55.7 Å². The Labute approximate surface area is 180 Å². The molecule has 0 bridgehead atoms. The van der Waals surface area contributed by atoms with Crippen LogP contribution in [0.2, 0.25) is 0 Å². The first kappa shape index (κ1) is 18.2. The molecule has 0 atom stereocenters. The highest BCUT2D eigenvalue weighted by Crippen LogP contribution is 2.35. The summed E-state index contributed by atoms with van der Waals surface area (Å²) in [6.07, 6.45) is 6.66. The van der Waals surface area contributed by atoms with Gasteiger partial charge in [0.1, 0.15) is 17.3 Å². The third-order valence-electron chi connectivity index (χ3n) is 5.38. The fraction of sp³-hybridized carbons (Fsp3) is 0. The summed E-state index contributed by atoms with van der Waals surface area (Å²) in [7, 11) is 0. The fourth-order valence-corrected chi connectivity index (χ4v) is 3.95. The molecular weight excluding hydrogens is 407 g/mol. The number of halogens is 1. The first-order valence-electron chi connectivity index (χ1n) is 9.88. The van der Waals surface area contributed by atoms with Gasteiger partial charge in [-0.05, 0) is 36.4 Å². The summed E-state index contributed by atoms with van der Waals surface area (Å²) >= 11 is 0. The minimum absolute atomic E-state index is 0.149. The molecule has 4 aromatic heterocycles. The van der Waals surface area contributed by atoms with E-state index in [1.54, 1.807) is 24.8 Å². The van der Waals surface area contributed by atoms with Crippen molar-refractivity contribution < 1.29 is 9.50 Å². The van der Waals surface area contributed by atoms with Gasteiger partial charge in [0.15, 0.2) is 0 Å². The van der Waals surface area contributed by atoms with Gasteiger partial charge < -0.3 is 10.1 Å². The summed E-state index contributed by atoms with van der Waals surface area (Å²) in [5.41, 5.74) is 6.02. The molecule has 0 saturated heterocycles. The Morgan fingerprint density at radius 1 is 0.781 bits per heavy atom. The van der Waals surface area contributed by atoms with Crippen molar-refractivity contribution in [2.75, 3.05) is 0 Å². The molecule has 0 spiro atoms. The number of pyridine rings is 1. The number of nitrogens with zero attached hydrogens (tertiary/aromatic N) is 4. The zero-order valence-electron chi connectivity index (χ0n) is 16.5. The number of benzene rings is 2. The Morgan fingerprint density at radius 2 is 1.69 bits per heavy atom. The van der Waals surface area contributed by atoms with E-state index in [0.29, 0.717) is 11.3 Å². The Morgan fingerprint density at radius 3 is 2.53 bits per heavy atom. The van der Waals surface area contributed by atoms with Crippen LogP contribution >= 0.6 is 0 Å². The van der Waals surface area contributed by atoms with Crippen molar-refractivity contribution in [3.63, 3.8) is 0 Å². The lowest BCUT2D eigenvalue weighted by Crippen LogP contribution is -1.85. The number of rotatable bonds is 3. The largest absolute Gasteiger partial charge is 0.508 e. The number of phenols is 1. The molecule has 154 valence electrons. The van der Waals surface area contributed by atoms with E-state index in [9.17, 15) is 9.50 Å².